The summed E-state index contributed by atoms with van der Waals surface area (Å²) in [4.78, 5) is 27.8. The molecule has 1 amide bonds. The Morgan fingerprint density at radius 3 is 2.42 bits per heavy atom. The van der Waals surface area contributed by atoms with E-state index in [1.54, 1.807) is 31.4 Å². The fourth-order valence-corrected chi connectivity index (χ4v) is 4.17. The van der Waals surface area contributed by atoms with Crippen molar-refractivity contribution in [3.63, 3.8) is 0 Å². The maximum atomic E-state index is 13.2. The van der Waals surface area contributed by atoms with Crippen LogP contribution in [-0.2, 0) is 16.1 Å². The highest BCUT2D eigenvalue weighted by Gasteiger charge is 2.46. The number of carbonyl (C=O) groups excluding carboxylic acids is 2. The number of ether oxygens (including phenoxy) is 2. The molecule has 1 heterocycles. The fourth-order valence-electron chi connectivity index (χ4n) is 4.00. The van der Waals surface area contributed by atoms with Crippen molar-refractivity contribution >= 4 is 29.1 Å². The number of hydrogen-bond acceptors (Lipinski definition) is 5. The number of methoxy groups -OCH3 is 2. The summed E-state index contributed by atoms with van der Waals surface area (Å²) in [6.07, 6.45) is 0. The Hall–Kier alpha value is -3.77. The highest BCUT2D eigenvalue weighted by Crippen LogP contribution is 2.42. The molecule has 1 fully saturated rings. The van der Waals surface area contributed by atoms with Crippen molar-refractivity contribution in [2.75, 3.05) is 14.2 Å². The predicted molar refractivity (Wildman–Crippen MR) is 125 cm³/mol. The summed E-state index contributed by atoms with van der Waals surface area (Å²) >= 11 is 6.14. The van der Waals surface area contributed by atoms with E-state index in [-0.39, 0.29) is 23.4 Å². The van der Waals surface area contributed by atoms with Gasteiger partial charge in [0.1, 0.15) is 17.3 Å². The van der Waals surface area contributed by atoms with Gasteiger partial charge in [0, 0.05) is 11.6 Å². The molecule has 33 heavy (non-hydrogen) atoms. The standard InChI is InChI=1S/C26H22ClNO5/c1-32-19-10-6-7-16(13-19)15-28-23(17-8-4-3-5-9-17)22(25(30)26(28)31)24(29)20-14-18(27)11-12-21(20)33-2/h3-14,23,29H,15H2,1-2H3/b24-22+. The lowest BCUT2D eigenvalue weighted by atomic mass is 9.95. The van der Waals surface area contributed by atoms with E-state index < -0.39 is 17.7 Å². The van der Waals surface area contributed by atoms with Gasteiger partial charge in [0.2, 0.25) is 0 Å². The summed E-state index contributed by atoms with van der Waals surface area (Å²) in [5.74, 6) is -0.832. The second-order valence-corrected chi connectivity index (χ2v) is 7.97. The molecule has 0 radical (unpaired) electrons. The third kappa shape index (κ3) is 4.30. The largest absolute Gasteiger partial charge is 0.507 e. The summed E-state index contributed by atoms with van der Waals surface area (Å²) in [6, 6.07) is 20.3. The number of hydrogen-bond donors (Lipinski definition) is 1. The first-order valence-corrected chi connectivity index (χ1v) is 10.6. The molecule has 0 aliphatic carbocycles. The molecule has 1 aliphatic heterocycles. The molecule has 1 aliphatic rings. The minimum absolute atomic E-state index is 0.0188. The van der Waals surface area contributed by atoms with Gasteiger partial charge in [0.25, 0.3) is 11.7 Å². The predicted octanol–water partition coefficient (Wildman–Crippen LogP) is 4.98. The van der Waals surface area contributed by atoms with Gasteiger partial charge < -0.3 is 19.5 Å². The van der Waals surface area contributed by atoms with E-state index >= 15 is 0 Å². The molecule has 6 nitrogen and oxygen atoms in total. The molecule has 0 aromatic heterocycles. The van der Waals surface area contributed by atoms with Crippen LogP contribution in [0.15, 0.2) is 78.4 Å². The fraction of sp³-hybridized carbons (Fsp3) is 0.154. The van der Waals surface area contributed by atoms with Gasteiger partial charge in [-0.15, -0.1) is 0 Å². The van der Waals surface area contributed by atoms with Gasteiger partial charge in [-0.3, -0.25) is 9.59 Å². The molecule has 1 unspecified atom stereocenters. The van der Waals surface area contributed by atoms with E-state index in [4.69, 9.17) is 21.1 Å². The van der Waals surface area contributed by atoms with E-state index in [2.05, 4.69) is 0 Å². The van der Waals surface area contributed by atoms with Gasteiger partial charge in [0.05, 0.1) is 31.4 Å². The van der Waals surface area contributed by atoms with E-state index in [1.165, 1.54) is 18.1 Å². The van der Waals surface area contributed by atoms with Crippen molar-refractivity contribution in [2.24, 2.45) is 0 Å². The zero-order valence-electron chi connectivity index (χ0n) is 18.1. The molecule has 7 heteroatoms. The van der Waals surface area contributed by atoms with Crippen molar-refractivity contribution in [1.29, 1.82) is 0 Å². The van der Waals surface area contributed by atoms with Crippen molar-refractivity contribution in [3.05, 3.63) is 100 Å². The topological polar surface area (TPSA) is 76.1 Å². The summed E-state index contributed by atoms with van der Waals surface area (Å²) in [5, 5.41) is 11.6. The average Bonchev–Trinajstić information content (AvgIpc) is 3.09. The first-order valence-electron chi connectivity index (χ1n) is 10.2. The second-order valence-electron chi connectivity index (χ2n) is 7.53. The normalized spacial score (nSPS) is 17.3. The van der Waals surface area contributed by atoms with E-state index in [0.717, 1.165) is 5.56 Å². The Bertz CT molecular complexity index is 1240. The highest BCUT2D eigenvalue weighted by atomic mass is 35.5. The summed E-state index contributed by atoms with van der Waals surface area (Å²) in [7, 11) is 3.02. The van der Waals surface area contributed by atoms with Crippen LogP contribution in [0, 0.1) is 0 Å². The highest BCUT2D eigenvalue weighted by molar-refractivity contribution is 6.46. The number of carbonyl (C=O) groups is 2. The first-order chi connectivity index (χ1) is 15.9. The van der Waals surface area contributed by atoms with Gasteiger partial charge in [-0.25, -0.2) is 0 Å². The third-order valence-electron chi connectivity index (χ3n) is 5.56. The average molecular weight is 464 g/mol. The number of nitrogens with zero attached hydrogens (tertiary/aromatic N) is 1. The molecular formula is C26H22ClNO5. The van der Waals surface area contributed by atoms with Crippen LogP contribution in [0.3, 0.4) is 0 Å². The summed E-state index contributed by atoms with van der Waals surface area (Å²) < 4.78 is 10.6. The molecule has 0 bridgehead atoms. The molecular weight excluding hydrogens is 442 g/mol. The van der Waals surface area contributed by atoms with Crippen LogP contribution < -0.4 is 9.47 Å². The number of benzene rings is 3. The number of halogens is 1. The Morgan fingerprint density at radius 2 is 1.73 bits per heavy atom. The van der Waals surface area contributed by atoms with Crippen LogP contribution >= 0.6 is 11.6 Å². The van der Waals surface area contributed by atoms with Gasteiger partial charge in [0.15, 0.2) is 0 Å². The van der Waals surface area contributed by atoms with Crippen LogP contribution in [-0.4, -0.2) is 35.9 Å². The van der Waals surface area contributed by atoms with Crippen molar-refractivity contribution in [3.8, 4) is 11.5 Å². The molecule has 1 atom stereocenters. The van der Waals surface area contributed by atoms with Gasteiger partial charge in [-0.1, -0.05) is 54.1 Å². The number of likely N-dealkylation sites (tertiary alicyclic amines) is 1. The molecule has 1 saturated heterocycles. The van der Waals surface area contributed by atoms with Crippen molar-refractivity contribution in [1.82, 2.24) is 4.90 Å². The lowest BCUT2D eigenvalue weighted by molar-refractivity contribution is -0.140. The molecule has 3 aromatic carbocycles. The number of aliphatic hydroxyl groups is 1. The Balaban J connectivity index is 1.88. The first kappa shape index (κ1) is 22.4. The molecule has 3 aromatic rings. The number of aliphatic hydroxyl groups excluding tert-OH is 1. The molecule has 1 N–H and O–H groups in total. The summed E-state index contributed by atoms with van der Waals surface area (Å²) in [6.45, 7) is 0.158. The minimum atomic E-state index is -0.791. The Morgan fingerprint density at radius 1 is 0.970 bits per heavy atom. The Kier molecular flexibility index (Phi) is 6.38. The van der Waals surface area contributed by atoms with Gasteiger partial charge >= 0.3 is 0 Å². The maximum absolute atomic E-state index is 13.2. The van der Waals surface area contributed by atoms with Crippen LogP contribution in [0.1, 0.15) is 22.7 Å². The van der Waals surface area contributed by atoms with Gasteiger partial charge in [-0.2, -0.15) is 0 Å². The molecule has 4 rings (SSSR count). The van der Waals surface area contributed by atoms with Gasteiger partial charge in [-0.05, 0) is 41.5 Å². The lowest BCUT2D eigenvalue weighted by Crippen LogP contribution is -2.29. The van der Waals surface area contributed by atoms with E-state index in [9.17, 15) is 14.7 Å². The zero-order valence-corrected chi connectivity index (χ0v) is 18.9. The van der Waals surface area contributed by atoms with Crippen LogP contribution in [0.4, 0.5) is 0 Å². The molecule has 168 valence electrons. The lowest BCUT2D eigenvalue weighted by Gasteiger charge is -2.25. The van der Waals surface area contributed by atoms with Crippen LogP contribution in [0.25, 0.3) is 5.76 Å². The van der Waals surface area contributed by atoms with Crippen molar-refractivity contribution in [2.45, 2.75) is 12.6 Å². The van der Waals surface area contributed by atoms with Crippen LogP contribution in [0.5, 0.6) is 11.5 Å². The quantitative estimate of drug-likeness (QED) is 0.317. The SMILES string of the molecule is COc1cccc(CN2C(=O)C(=O)/C(=C(/O)c3cc(Cl)ccc3OC)C2c2ccccc2)c1. The number of ketones is 1. The molecule has 0 saturated carbocycles. The van der Waals surface area contributed by atoms with Crippen molar-refractivity contribution < 1.29 is 24.2 Å². The smallest absolute Gasteiger partial charge is 0.295 e. The molecule has 0 spiro atoms. The Labute approximate surface area is 196 Å². The maximum Gasteiger partial charge on any atom is 0.295 e. The minimum Gasteiger partial charge on any atom is -0.507 e. The number of Topliss-reactive ketones (excluding diaryl/α,β-unsaturated/α-hetero) is 1. The number of rotatable bonds is 6. The van der Waals surface area contributed by atoms with E-state index in [0.29, 0.717) is 22.1 Å². The third-order valence-corrected chi connectivity index (χ3v) is 5.79. The van der Waals surface area contributed by atoms with E-state index in [1.807, 2.05) is 42.5 Å². The zero-order chi connectivity index (χ0) is 23.5. The number of amides is 1. The summed E-state index contributed by atoms with van der Waals surface area (Å²) in [5.41, 5.74) is 1.71. The van der Waals surface area contributed by atoms with Crippen LogP contribution in [0.2, 0.25) is 5.02 Å². The second kappa shape index (κ2) is 9.38. The monoisotopic (exact) mass is 463 g/mol.